The van der Waals surface area contributed by atoms with Crippen LogP contribution in [0.3, 0.4) is 0 Å². The van der Waals surface area contributed by atoms with Crippen molar-refractivity contribution in [3.05, 3.63) is 10.1 Å². The van der Waals surface area contributed by atoms with E-state index in [1.165, 1.54) is 6.42 Å². The molecule has 24 heavy (non-hydrogen) atoms. The predicted molar refractivity (Wildman–Crippen MR) is 88.3 cm³/mol. The van der Waals surface area contributed by atoms with Gasteiger partial charge in [-0.05, 0) is 86.4 Å². The molecule has 0 radical (unpaired) electrons. The zero-order valence-electron chi connectivity index (χ0n) is 14.5. The highest BCUT2D eigenvalue weighted by Crippen LogP contribution is 2.62. The highest BCUT2D eigenvalue weighted by molar-refractivity contribution is 5.09. The molecule has 4 aliphatic carbocycles. The Morgan fingerprint density at radius 3 is 2.67 bits per heavy atom. The van der Waals surface area contributed by atoms with Crippen LogP contribution in [0.4, 0.5) is 0 Å². The molecule has 6 heteroatoms. The number of nitrogens with two attached hydrogens (primary N) is 1. The first-order chi connectivity index (χ1) is 11.4. The fourth-order valence-corrected chi connectivity index (χ4v) is 7.12. The summed E-state index contributed by atoms with van der Waals surface area (Å²) in [5, 5.41) is 21.1. The van der Waals surface area contributed by atoms with Crippen LogP contribution in [-0.4, -0.2) is 28.4 Å². The van der Waals surface area contributed by atoms with Crippen molar-refractivity contribution < 1.29 is 15.0 Å². The van der Waals surface area contributed by atoms with Crippen LogP contribution >= 0.6 is 0 Å². The number of aliphatic hydroxyl groups is 1. The maximum Gasteiger partial charge on any atom is 0.294 e. The average Bonchev–Trinajstić information content (AvgIpc) is 2.81. The lowest BCUT2D eigenvalue weighted by molar-refractivity contribution is -0.773. The summed E-state index contributed by atoms with van der Waals surface area (Å²) in [7, 11) is 0. The van der Waals surface area contributed by atoms with E-state index in [4.69, 9.17) is 10.6 Å². The van der Waals surface area contributed by atoms with Gasteiger partial charge in [-0.2, -0.15) is 0 Å². The summed E-state index contributed by atoms with van der Waals surface area (Å²) in [4.78, 5) is 16.4. The second-order valence-corrected chi connectivity index (χ2v) is 9.09. The molecule has 4 fully saturated rings. The highest BCUT2D eigenvalue weighted by Gasteiger charge is 2.60. The first kappa shape index (κ1) is 16.6. The molecule has 0 aromatic heterocycles. The molecule has 6 nitrogen and oxygen atoms in total. The summed E-state index contributed by atoms with van der Waals surface area (Å²) >= 11 is 0. The Hall–Kier alpha value is -0.880. The normalized spacial score (nSPS) is 53.6. The third-order valence-corrected chi connectivity index (χ3v) is 8.11. The third-order valence-electron chi connectivity index (χ3n) is 8.11. The van der Waals surface area contributed by atoms with Gasteiger partial charge < -0.3 is 15.7 Å². The third kappa shape index (κ3) is 2.45. The highest BCUT2D eigenvalue weighted by atomic mass is 17.0. The molecule has 4 rings (SSSR count). The molecule has 0 spiro atoms. The molecule has 0 aliphatic heterocycles. The number of rotatable bonds is 2. The Morgan fingerprint density at radius 2 is 1.92 bits per heavy atom. The Labute approximate surface area is 143 Å². The van der Waals surface area contributed by atoms with Crippen LogP contribution in [-0.2, 0) is 4.84 Å². The van der Waals surface area contributed by atoms with E-state index in [9.17, 15) is 15.2 Å². The maximum absolute atomic E-state index is 11.1. The molecule has 0 heterocycles. The molecule has 4 saturated carbocycles. The largest absolute Gasteiger partial charge is 0.393 e. The first-order valence-electron chi connectivity index (χ1n) is 9.65. The SMILES string of the molecule is CC12CC(O[N+](=O)[O-])C3C4CCC(N)CC4CCC3C1CCC2O. The minimum atomic E-state index is -0.606. The van der Waals surface area contributed by atoms with E-state index < -0.39 is 5.09 Å². The van der Waals surface area contributed by atoms with Crippen LogP contribution in [0, 0.1) is 45.1 Å². The van der Waals surface area contributed by atoms with E-state index in [1.807, 2.05) is 0 Å². The van der Waals surface area contributed by atoms with E-state index in [0.717, 1.165) is 38.5 Å². The van der Waals surface area contributed by atoms with Crippen LogP contribution < -0.4 is 5.73 Å². The molecule has 3 N–H and O–H groups in total. The van der Waals surface area contributed by atoms with Crippen LogP contribution in [0.25, 0.3) is 0 Å². The van der Waals surface area contributed by atoms with E-state index >= 15 is 0 Å². The van der Waals surface area contributed by atoms with Gasteiger partial charge in [0.25, 0.3) is 5.09 Å². The standard InChI is InChI=1S/C18H30N2O4/c1-18-9-15(24-20(22)23)17-12-5-3-11(19)8-10(12)2-4-13(17)14(18)6-7-16(18)21/h10-17,21H,2-9,19H2,1H3. The maximum atomic E-state index is 11.1. The van der Waals surface area contributed by atoms with Crippen molar-refractivity contribution in [2.24, 2.45) is 40.7 Å². The molecule has 9 unspecified atom stereocenters. The molecule has 0 bridgehead atoms. The van der Waals surface area contributed by atoms with Gasteiger partial charge in [-0.25, -0.2) is 0 Å². The second-order valence-electron chi connectivity index (χ2n) is 9.09. The van der Waals surface area contributed by atoms with Crippen molar-refractivity contribution in [3.63, 3.8) is 0 Å². The average molecular weight is 338 g/mol. The van der Waals surface area contributed by atoms with Gasteiger partial charge in [0, 0.05) is 6.04 Å². The van der Waals surface area contributed by atoms with Crippen molar-refractivity contribution in [3.8, 4) is 0 Å². The summed E-state index contributed by atoms with van der Waals surface area (Å²) in [6.45, 7) is 2.13. The van der Waals surface area contributed by atoms with Crippen molar-refractivity contribution in [2.45, 2.75) is 76.5 Å². The molecule has 136 valence electrons. The molecule has 0 amide bonds. The smallest absolute Gasteiger partial charge is 0.294 e. The van der Waals surface area contributed by atoms with Crippen LogP contribution in [0.2, 0.25) is 0 Å². The lowest BCUT2D eigenvalue weighted by atomic mass is 9.49. The van der Waals surface area contributed by atoms with Crippen molar-refractivity contribution in [1.29, 1.82) is 0 Å². The van der Waals surface area contributed by atoms with Gasteiger partial charge in [-0.3, -0.25) is 0 Å². The minimum Gasteiger partial charge on any atom is -0.393 e. The summed E-state index contributed by atoms with van der Waals surface area (Å²) < 4.78 is 0. The first-order valence-corrected chi connectivity index (χ1v) is 9.65. The predicted octanol–water partition coefficient (Wildman–Crippen LogP) is 2.51. The molecule has 9 atom stereocenters. The van der Waals surface area contributed by atoms with Gasteiger partial charge in [0.05, 0.1) is 6.10 Å². The summed E-state index contributed by atoms with van der Waals surface area (Å²) in [5.41, 5.74) is 5.95. The van der Waals surface area contributed by atoms with Crippen LogP contribution in [0.5, 0.6) is 0 Å². The van der Waals surface area contributed by atoms with Gasteiger partial charge >= 0.3 is 0 Å². The number of nitrogens with zero attached hydrogens (tertiary/aromatic N) is 1. The van der Waals surface area contributed by atoms with E-state index in [1.54, 1.807) is 0 Å². The van der Waals surface area contributed by atoms with Crippen molar-refractivity contribution >= 4 is 0 Å². The molecule has 4 aliphatic rings. The molecule has 0 saturated heterocycles. The lowest BCUT2D eigenvalue weighted by Crippen LogP contribution is -2.56. The molecule has 0 aromatic carbocycles. The van der Waals surface area contributed by atoms with E-state index in [-0.39, 0.29) is 23.5 Å². The van der Waals surface area contributed by atoms with Crippen LogP contribution in [0.15, 0.2) is 0 Å². The van der Waals surface area contributed by atoms with Gasteiger partial charge in [0.2, 0.25) is 0 Å². The Balaban J connectivity index is 1.66. The molecular formula is C18H30N2O4. The number of hydrogen-bond donors (Lipinski definition) is 2. The van der Waals surface area contributed by atoms with Crippen molar-refractivity contribution in [2.75, 3.05) is 0 Å². The fraction of sp³-hybridized carbons (Fsp3) is 1.00. The topological polar surface area (TPSA) is 98.6 Å². The van der Waals surface area contributed by atoms with Gasteiger partial charge in [0.1, 0.15) is 6.10 Å². The summed E-state index contributed by atoms with van der Waals surface area (Å²) in [6, 6.07) is 0.292. The summed E-state index contributed by atoms with van der Waals surface area (Å²) in [5.74, 6) is 2.33. The molecular weight excluding hydrogens is 308 g/mol. The Bertz CT molecular complexity index is 515. The molecule has 0 aromatic rings. The quantitative estimate of drug-likeness (QED) is 0.595. The van der Waals surface area contributed by atoms with Crippen LogP contribution in [0.1, 0.15) is 58.3 Å². The fourth-order valence-electron chi connectivity index (χ4n) is 7.12. The van der Waals surface area contributed by atoms with Crippen molar-refractivity contribution in [1.82, 2.24) is 0 Å². The number of aliphatic hydroxyl groups excluding tert-OH is 1. The monoisotopic (exact) mass is 338 g/mol. The van der Waals surface area contributed by atoms with Gasteiger partial charge in [0.15, 0.2) is 0 Å². The lowest BCUT2D eigenvalue weighted by Gasteiger charge is -2.57. The van der Waals surface area contributed by atoms with E-state index in [0.29, 0.717) is 36.1 Å². The number of hydrogen-bond acceptors (Lipinski definition) is 5. The van der Waals surface area contributed by atoms with Gasteiger partial charge in [-0.1, -0.05) is 6.92 Å². The second kappa shape index (κ2) is 5.84. The Kier molecular flexibility index (Phi) is 4.03. The zero-order valence-corrected chi connectivity index (χ0v) is 14.5. The zero-order chi connectivity index (χ0) is 17.1. The summed E-state index contributed by atoms with van der Waals surface area (Å²) in [6.07, 6.45) is 7.27. The minimum absolute atomic E-state index is 0.222. The van der Waals surface area contributed by atoms with E-state index in [2.05, 4.69) is 6.92 Å². The Morgan fingerprint density at radius 1 is 1.17 bits per heavy atom. The van der Waals surface area contributed by atoms with Gasteiger partial charge in [-0.15, -0.1) is 10.1 Å². The number of fused-ring (bicyclic) bond motifs is 5.